The summed E-state index contributed by atoms with van der Waals surface area (Å²) in [5, 5.41) is 3.75. The van der Waals surface area contributed by atoms with E-state index in [9.17, 15) is 0 Å². The van der Waals surface area contributed by atoms with E-state index in [4.69, 9.17) is 4.43 Å². The fourth-order valence-corrected chi connectivity index (χ4v) is 3.48. The Hall–Kier alpha value is -0.943. The minimum Gasteiger partial charge on any atom is -0.414 e. The van der Waals surface area contributed by atoms with Crippen molar-refractivity contribution in [2.75, 3.05) is 19.4 Å². The van der Waals surface area contributed by atoms with Crippen LogP contribution in [0.3, 0.4) is 0 Å². The Kier molecular flexibility index (Phi) is 9.32. The number of alkyl halides is 1. The van der Waals surface area contributed by atoms with E-state index >= 15 is 0 Å². The number of halogens is 1. The molecule has 0 spiro atoms. The summed E-state index contributed by atoms with van der Waals surface area (Å²) in [6, 6.07) is 21.1. The molecule has 2 rings (SSSR count). The molecule has 22 heavy (non-hydrogen) atoms. The van der Waals surface area contributed by atoms with E-state index in [1.54, 1.807) is 0 Å². The third-order valence-corrected chi connectivity index (χ3v) is 4.75. The van der Waals surface area contributed by atoms with Gasteiger partial charge in [-0.15, -0.1) is 0 Å². The first-order valence-corrected chi connectivity index (χ1v) is 9.49. The molecule has 0 atom stereocenters. The van der Waals surface area contributed by atoms with E-state index in [1.165, 1.54) is 11.1 Å². The fraction of sp³-hybridized carbons (Fsp3) is 0.333. The smallest absolute Gasteiger partial charge is 0.147 e. The first-order valence-electron chi connectivity index (χ1n) is 7.55. The lowest BCUT2D eigenvalue weighted by molar-refractivity contribution is 0.113. The molecular weight excluding hydrogens is 354 g/mol. The molecule has 0 bridgehead atoms. The van der Waals surface area contributed by atoms with Crippen molar-refractivity contribution in [3.05, 3.63) is 71.8 Å². The maximum Gasteiger partial charge on any atom is 0.147 e. The van der Waals surface area contributed by atoms with E-state index in [0.29, 0.717) is 0 Å². The first kappa shape index (κ1) is 19.1. The Balaban J connectivity index is 0.000000745. The van der Waals surface area contributed by atoms with E-state index < -0.39 is 0 Å². The zero-order valence-corrected chi connectivity index (χ0v) is 17.3. The second-order valence-electron chi connectivity index (χ2n) is 5.06. The van der Waals surface area contributed by atoms with Crippen LogP contribution < -0.4 is 5.32 Å². The van der Waals surface area contributed by atoms with Crippen LogP contribution in [0.5, 0.6) is 0 Å². The lowest BCUT2D eigenvalue weighted by Gasteiger charge is -2.34. The average molecular weight is 380 g/mol. The molecule has 0 radical (unpaired) electrons. The van der Waals surface area contributed by atoms with Gasteiger partial charge in [0.2, 0.25) is 0 Å². The molecule has 0 aliphatic rings. The summed E-state index contributed by atoms with van der Waals surface area (Å²) < 4.78 is 6.13. The minimum atomic E-state index is -0.289. The molecule has 0 heterocycles. The van der Waals surface area contributed by atoms with E-state index in [2.05, 4.69) is 81.9 Å². The molecule has 120 valence electrons. The monoisotopic (exact) mass is 379 g/mol. The summed E-state index contributed by atoms with van der Waals surface area (Å²) in [6.45, 7) is 0. The van der Waals surface area contributed by atoms with Crippen molar-refractivity contribution in [2.45, 2.75) is 18.4 Å². The lowest BCUT2D eigenvalue weighted by atomic mass is 9.83. The highest BCUT2D eigenvalue weighted by Crippen LogP contribution is 2.37. The molecule has 0 unspecified atom stereocenters. The molecule has 0 saturated carbocycles. The van der Waals surface area contributed by atoms with Crippen LogP contribution in [-0.4, -0.2) is 29.9 Å². The molecule has 0 fully saturated rings. The van der Waals surface area contributed by atoms with Gasteiger partial charge in [-0.3, -0.25) is 0 Å². The van der Waals surface area contributed by atoms with Crippen molar-refractivity contribution in [3.63, 3.8) is 0 Å². The summed E-state index contributed by atoms with van der Waals surface area (Å²) >= 11 is 3.53. The van der Waals surface area contributed by atoms with Crippen LogP contribution in [-0.2, 0) is 10.0 Å². The third kappa shape index (κ3) is 5.06. The Morgan fingerprint density at radius 2 is 1.36 bits per heavy atom. The summed E-state index contributed by atoms with van der Waals surface area (Å²) in [4.78, 5) is 0. The molecule has 2 nitrogen and oxygen atoms in total. The zero-order chi connectivity index (χ0) is 16.3. The predicted octanol–water partition coefficient (Wildman–Crippen LogP) is 3.24. The maximum absolute atomic E-state index is 6.13. The fourth-order valence-electron chi connectivity index (χ4n) is 2.52. The van der Waals surface area contributed by atoms with Gasteiger partial charge >= 0.3 is 0 Å². The summed E-state index contributed by atoms with van der Waals surface area (Å²) in [6.07, 6.45) is 2.09. The van der Waals surface area contributed by atoms with Crippen LogP contribution in [0.4, 0.5) is 0 Å². The summed E-state index contributed by atoms with van der Waals surface area (Å²) in [5.74, 6) is 0. The molecule has 0 aromatic heterocycles. The zero-order valence-electron chi connectivity index (χ0n) is 13.7. The van der Waals surface area contributed by atoms with E-state index in [1.807, 2.05) is 14.1 Å². The molecule has 4 heteroatoms. The summed E-state index contributed by atoms with van der Waals surface area (Å²) in [7, 11) is 4.47. The lowest BCUT2D eigenvalue weighted by Crippen LogP contribution is -2.30. The second-order valence-corrected chi connectivity index (χ2v) is 6.26. The van der Waals surface area contributed by atoms with Crippen molar-refractivity contribution >= 4 is 26.4 Å². The van der Waals surface area contributed by atoms with Gasteiger partial charge in [-0.05, 0) is 38.1 Å². The van der Waals surface area contributed by atoms with Gasteiger partial charge in [0.15, 0.2) is 0 Å². The Bertz CT molecular complexity index is 468. The topological polar surface area (TPSA) is 21.3 Å². The number of hydrogen-bond donors (Lipinski definition) is 1. The van der Waals surface area contributed by atoms with Gasteiger partial charge in [-0.2, -0.15) is 0 Å². The third-order valence-electron chi connectivity index (χ3n) is 3.49. The van der Waals surface area contributed by atoms with Crippen LogP contribution in [0.15, 0.2) is 60.7 Å². The minimum absolute atomic E-state index is 0.289. The van der Waals surface area contributed by atoms with Crippen molar-refractivity contribution in [2.24, 2.45) is 0 Å². The van der Waals surface area contributed by atoms with Crippen molar-refractivity contribution < 1.29 is 4.43 Å². The maximum atomic E-state index is 6.13. The van der Waals surface area contributed by atoms with Crippen molar-refractivity contribution in [1.82, 2.24) is 5.32 Å². The van der Waals surface area contributed by atoms with Crippen molar-refractivity contribution in [3.8, 4) is 0 Å². The molecular formula is C18H26BrNOSi. The molecule has 0 amide bonds. The standard InChI is InChI=1S/C16H19BrOSi.C2H7N/c17-13-7-12-16(18-19,14-8-3-1-4-9-14)15-10-5-2-6-11-15;1-3-2/h1-6,8-11H,7,12-13H2,19H3;3H,1-2H3. The second kappa shape index (κ2) is 10.7. The number of hydrogen-bond acceptors (Lipinski definition) is 2. The van der Waals surface area contributed by atoms with Gasteiger partial charge < -0.3 is 9.74 Å². The average Bonchev–Trinajstić information content (AvgIpc) is 2.59. The van der Waals surface area contributed by atoms with Gasteiger partial charge in [-0.1, -0.05) is 76.6 Å². The number of benzene rings is 2. The molecule has 2 aromatic rings. The Labute approximate surface area is 146 Å². The van der Waals surface area contributed by atoms with Gasteiger partial charge in [0.1, 0.15) is 16.1 Å². The number of nitrogens with one attached hydrogen (secondary N) is 1. The molecule has 1 N–H and O–H groups in total. The normalized spacial score (nSPS) is 10.9. The quantitative estimate of drug-likeness (QED) is 0.614. The van der Waals surface area contributed by atoms with E-state index in [-0.39, 0.29) is 5.60 Å². The predicted molar refractivity (Wildman–Crippen MR) is 103 cm³/mol. The highest BCUT2D eigenvalue weighted by Gasteiger charge is 2.32. The summed E-state index contributed by atoms with van der Waals surface area (Å²) in [5.41, 5.74) is 2.21. The molecule has 0 aliphatic carbocycles. The molecule has 0 saturated heterocycles. The van der Waals surface area contributed by atoms with Gasteiger partial charge in [-0.25, -0.2) is 0 Å². The Morgan fingerprint density at radius 1 is 0.955 bits per heavy atom. The number of rotatable bonds is 6. The molecule has 2 aromatic carbocycles. The van der Waals surface area contributed by atoms with Crippen molar-refractivity contribution in [1.29, 1.82) is 0 Å². The molecule has 0 aliphatic heterocycles. The van der Waals surface area contributed by atoms with E-state index in [0.717, 1.165) is 28.7 Å². The van der Waals surface area contributed by atoms with Gasteiger partial charge in [0.25, 0.3) is 0 Å². The van der Waals surface area contributed by atoms with Crippen LogP contribution in [0, 0.1) is 0 Å². The first-order chi connectivity index (χ1) is 10.7. The van der Waals surface area contributed by atoms with Crippen LogP contribution >= 0.6 is 15.9 Å². The highest BCUT2D eigenvalue weighted by atomic mass is 79.9. The van der Waals surface area contributed by atoms with Gasteiger partial charge in [0, 0.05) is 5.33 Å². The van der Waals surface area contributed by atoms with Crippen LogP contribution in [0.1, 0.15) is 24.0 Å². The van der Waals surface area contributed by atoms with Crippen LogP contribution in [0.2, 0.25) is 0 Å². The Morgan fingerprint density at radius 3 is 1.68 bits per heavy atom. The largest absolute Gasteiger partial charge is 0.414 e. The SMILES string of the molecule is CNC.[SiH3]OC(CCCBr)(c1ccccc1)c1ccccc1. The van der Waals surface area contributed by atoms with Gasteiger partial charge in [0.05, 0.1) is 0 Å². The van der Waals surface area contributed by atoms with Crippen LogP contribution in [0.25, 0.3) is 0 Å². The highest BCUT2D eigenvalue weighted by molar-refractivity contribution is 9.09.